The summed E-state index contributed by atoms with van der Waals surface area (Å²) in [6.07, 6.45) is 2.45. The lowest BCUT2D eigenvalue weighted by Crippen LogP contribution is -2.20. The summed E-state index contributed by atoms with van der Waals surface area (Å²) in [5.41, 5.74) is 4.80. The number of benzene rings is 1. The van der Waals surface area contributed by atoms with Gasteiger partial charge in [-0.1, -0.05) is 12.2 Å². The van der Waals surface area contributed by atoms with Crippen LogP contribution in [0.15, 0.2) is 30.4 Å². The molecule has 0 bridgehead atoms. The Balaban J connectivity index is 2.16. The second kappa shape index (κ2) is 4.92. The first-order chi connectivity index (χ1) is 8.47. The zero-order valence-electron chi connectivity index (χ0n) is 9.80. The fraction of sp³-hybridized carbons (Fsp3) is 0.385. The quantitative estimate of drug-likeness (QED) is 0.623. The molecule has 0 amide bonds. The zero-order chi connectivity index (χ0) is 13.2. The van der Waals surface area contributed by atoms with Crippen molar-refractivity contribution in [3.8, 4) is 0 Å². The standard InChI is InChI=1S/C13H15F3N2/c14-13(15,16)11-8-10(6-7-12(11)17)18-9-4-2-1-3-5-9/h1-2,6-9,18H,3-5,17H2. The number of hydrogen-bond donors (Lipinski definition) is 2. The molecule has 1 aromatic rings. The molecule has 1 aliphatic carbocycles. The van der Waals surface area contributed by atoms with Crippen molar-refractivity contribution in [3.63, 3.8) is 0 Å². The number of halogens is 3. The van der Waals surface area contributed by atoms with Crippen molar-refractivity contribution in [2.24, 2.45) is 0 Å². The topological polar surface area (TPSA) is 38.0 Å². The largest absolute Gasteiger partial charge is 0.418 e. The number of rotatable bonds is 2. The first-order valence-electron chi connectivity index (χ1n) is 5.85. The number of nitrogens with one attached hydrogen (secondary N) is 1. The molecule has 0 spiro atoms. The molecule has 0 aromatic heterocycles. The van der Waals surface area contributed by atoms with Crippen LogP contribution in [0.3, 0.4) is 0 Å². The minimum Gasteiger partial charge on any atom is -0.398 e. The van der Waals surface area contributed by atoms with Gasteiger partial charge in [-0.05, 0) is 37.5 Å². The summed E-state index contributed by atoms with van der Waals surface area (Å²) in [4.78, 5) is 0. The third-order valence-corrected chi connectivity index (χ3v) is 3.00. The molecule has 2 rings (SSSR count). The highest BCUT2D eigenvalue weighted by Gasteiger charge is 2.33. The molecule has 0 saturated carbocycles. The average Bonchev–Trinajstić information content (AvgIpc) is 2.31. The molecule has 1 aromatic carbocycles. The predicted molar refractivity (Wildman–Crippen MR) is 66.3 cm³/mol. The van der Waals surface area contributed by atoms with Gasteiger partial charge in [0, 0.05) is 17.4 Å². The molecular formula is C13H15F3N2. The number of hydrogen-bond acceptors (Lipinski definition) is 2. The Bertz CT molecular complexity index is 452. The lowest BCUT2D eigenvalue weighted by molar-refractivity contribution is -0.136. The van der Waals surface area contributed by atoms with Gasteiger partial charge in [-0.3, -0.25) is 0 Å². The third-order valence-electron chi connectivity index (χ3n) is 3.00. The summed E-state index contributed by atoms with van der Waals surface area (Å²) in [6, 6.07) is 4.15. The first-order valence-corrected chi connectivity index (χ1v) is 5.85. The highest BCUT2D eigenvalue weighted by molar-refractivity contribution is 5.58. The maximum absolute atomic E-state index is 12.7. The van der Waals surface area contributed by atoms with E-state index in [1.54, 1.807) is 6.07 Å². The summed E-state index contributed by atoms with van der Waals surface area (Å²) in [7, 11) is 0. The van der Waals surface area contributed by atoms with Crippen molar-refractivity contribution in [2.45, 2.75) is 31.5 Å². The van der Waals surface area contributed by atoms with Gasteiger partial charge in [-0.25, -0.2) is 0 Å². The molecule has 18 heavy (non-hydrogen) atoms. The molecular weight excluding hydrogens is 241 g/mol. The SMILES string of the molecule is Nc1ccc(NC2CC=CCC2)cc1C(F)(F)F. The van der Waals surface area contributed by atoms with Gasteiger partial charge < -0.3 is 11.1 Å². The van der Waals surface area contributed by atoms with E-state index in [0.717, 1.165) is 25.3 Å². The molecule has 0 fully saturated rings. The Hall–Kier alpha value is -1.65. The summed E-state index contributed by atoms with van der Waals surface area (Å²) in [5.74, 6) is 0. The van der Waals surface area contributed by atoms with E-state index in [1.807, 2.05) is 6.08 Å². The Morgan fingerprint density at radius 2 is 2.00 bits per heavy atom. The Kier molecular flexibility index (Phi) is 3.50. The fourth-order valence-electron chi connectivity index (χ4n) is 2.05. The van der Waals surface area contributed by atoms with Crippen LogP contribution in [0.4, 0.5) is 24.5 Å². The van der Waals surface area contributed by atoms with Crippen LogP contribution < -0.4 is 11.1 Å². The number of nitrogens with two attached hydrogens (primary N) is 1. The van der Waals surface area contributed by atoms with Crippen LogP contribution in [0.2, 0.25) is 0 Å². The molecule has 3 N–H and O–H groups in total. The van der Waals surface area contributed by atoms with E-state index in [2.05, 4.69) is 11.4 Å². The van der Waals surface area contributed by atoms with E-state index in [4.69, 9.17) is 5.73 Å². The fourth-order valence-corrected chi connectivity index (χ4v) is 2.05. The van der Waals surface area contributed by atoms with Crippen LogP contribution in [-0.2, 0) is 6.18 Å². The molecule has 2 nitrogen and oxygen atoms in total. The zero-order valence-corrected chi connectivity index (χ0v) is 9.80. The van der Waals surface area contributed by atoms with Crippen molar-refractivity contribution in [2.75, 3.05) is 11.1 Å². The number of nitrogen functional groups attached to an aromatic ring is 1. The van der Waals surface area contributed by atoms with Gasteiger partial charge >= 0.3 is 6.18 Å². The highest BCUT2D eigenvalue weighted by atomic mass is 19.4. The van der Waals surface area contributed by atoms with Gasteiger partial charge in [0.1, 0.15) is 0 Å². The van der Waals surface area contributed by atoms with Gasteiger partial charge in [0.15, 0.2) is 0 Å². The average molecular weight is 256 g/mol. The monoisotopic (exact) mass is 256 g/mol. The van der Waals surface area contributed by atoms with Gasteiger partial charge in [0.2, 0.25) is 0 Å². The Labute approximate surface area is 104 Å². The van der Waals surface area contributed by atoms with E-state index in [1.165, 1.54) is 6.07 Å². The molecule has 98 valence electrons. The lowest BCUT2D eigenvalue weighted by atomic mass is 10.0. The van der Waals surface area contributed by atoms with Crippen molar-refractivity contribution >= 4 is 11.4 Å². The summed E-state index contributed by atoms with van der Waals surface area (Å²) >= 11 is 0. The van der Waals surface area contributed by atoms with Gasteiger partial charge in [0.25, 0.3) is 0 Å². The summed E-state index contributed by atoms with van der Waals surface area (Å²) in [5, 5.41) is 3.11. The normalized spacial score (nSPS) is 19.8. The van der Waals surface area contributed by atoms with E-state index in [-0.39, 0.29) is 11.7 Å². The maximum atomic E-state index is 12.7. The smallest absolute Gasteiger partial charge is 0.398 e. The minimum atomic E-state index is -4.41. The van der Waals surface area contributed by atoms with E-state index >= 15 is 0 Å². The molecule has 1 atom stereocenters. The number of allylic oxidation sites excluding steroid dienone is 1. The molecule has 1 aliphatic rings. The van der Waals surface area contributed by atoms with Gasteiger partial charge in [-0.15, -0.1) is 0 Å². The van der Waals surface area contributed by atoms with E-state index in [0.29, 0.717) is 5.69 Å². The van der Waals surface area contributed by atoms with Crippen molar-refractivity contribution in [1.29, 1.82) is 0 Å². The van der Waals surface area contributed by atoms with Crippen LogP contribution in [0.1, 0.15) is 24.8 Å². The van der Waals surface area contributed by atoms with Gasteiger partial charge in [-0.2, -0.15) is 13.2 Å². The lowest BCUT2D eigenvalue weighted by Gasteiger charge is -2.21. The van der Waals surface area contributed by atoms with E-state index in [9.17, 15) is 13.2 Å². The van der Waals surface area contributed by atoms with E-state index < -0.39 is 11.7 Å². The summed E-state index contributed by atoms with van der Waals surface area (Å²) in [6.45, 7) is 0. The van der Waals surface area contributed by atoms with Crippen LogP contribution in [0.5, 0.6) is 0 Å². The van der Waals surface area contributed by atoms with Crippen molar-refractivity contribution in [1.82, 2.24) is 0 Å². The Morgan fingerprint density at radius 3 is 2.61 bits per heavy atom. The summed E-state index contributed by atoms with van der Waals surface area (Å²) < 4.78 is 38.1. The maximum Gasteiger partial charge on any atom is 0.418 e. The highest BCUT2D eigenvalue weighted by Crippen LogP contribution is 2.35. The van der Waals surface area contributed by atoms with Crippen molar-refractivity contribution in [3.05, 3.63) is 35.9 Å². The Morgan fingerprint density at radius 1 is 1.22 bits per heavy atom. The molecule has 0 saturated heterocycles. The molecule has 0 aliphatic heterocycles. The minimum absolute atomic E-state index is 0.194. The first kappa shape index (κ1) is 12.8. The molecule has 0 radical (unpaired) electrons. The van der Waals surface area contributed by atoms with Crippen LogP contribution >= 0.6 is 0 Å². The van der Waals surface area contributed by atoms with Crippen LogP contribution in [0.25, 0.3) is 0 Å². The van der Waals surface area contributed by atoms with Gasteiger partial charge in [0.05, 0.1) is 5.56 Å². The second-order valence-electron chi connectivity index (χ2n) is 4.43. The molecule has 5 heteroatoms. The predicted octanol–water partition coefficient (Wildman–Crippen LogP) is 3.81. The third kappa shape index (κ3) is 2.97. The molecule has 1 unspecified atom stereocenters. The molecule has 0 heterocycles. The van der Waals surface area contributed by atoms with Crippen LogP contribution in [-0.4, -0.2) is 6.04 Å². The second-order valence-corrected chi connectivity index (χ2v) is 4.43. The van der Waals surface area contributed by atoms with Crippen molar-refractivity contribution < 1.29 is 13.2 Å². The number of alkyl halides is 3. The van der Waals surface area contributed by atoms with Crippen LogP contribution in [0, 0.1) is 0 Å². The number of anilines is 2.